The molecule has 2 N–H and O–H groups in total. The van der Waals surface area contributed by atoms with Crippen LogP contribution in [0.25, 0.3) is 11.0 Å². The van der Waals surface area contributed by atoms with Gasteiger partial charge in [-0.05, 0) is 57.5 Å². The van der Waals surface area contributed by atoms with Crippen LogP contribution in [-0.2, 0) is 6.54 Å². The standard InChI is InChI=1S/C22H27N5O3/c1-5-11-27-19-18(21(29)25-22(27)30)12-15(13-23-19)20(28)24-16-7-9-17(10-8-16)26(6-2)14(3)4/h7-10,12-14H,5-6,11H2,1-4H3,(H,24,28)(H,25,29,30). The van der Waals surface area contributed by atoms with Crippen molar-refractivity contribution in [2.45, 2.75) is 46.7 Å². The second kappa shape index (κ2) is 8.94. The molecule has 0 atom stereocenters. The molecule has 30 heavy (non-hydrogen) atoms. The highest BCUT2D eigenvalue weighted by atomic mass is 16.2. The minimum atomic E-state index is -0.554. The molecular formula is C22H27N5O3. The van der Waals surface area contributed by atoms with Crippen molar-refractivity contribution in [1.82, 2.24) is 14.5 Å². The fraction of sp³-hybridized carbons (Fsp3) is 0.364. The summed E-state index contributed by atoms with van der Waals surface area (Å²) in [6.45, 7) is 9.62. The summed E-state index contributed by atoms with van der Waals surface area (Å²) in [5.41, 5.74) is 1.20. The molecular weight excluding hydrogens is 382 g/mol. The highest BCUT2D eigenvalue weighted by Gasteiger charge is 2.14. The number of rotatable bonds is 7. The van der Waals surface area contributed by atoms with Gasteiger partial charge < -0.3 is 10.2 Å². The van der Waals surface area contributed by atoms with Crippen LogP contribution in [0.2, 0.25) is 0 Å². The summed E-state index contributed by atoms with van der Waals surface area (Å²) in [6, 6.07) is 9.46. The average molecular weight is 409 g/mol. The topological polar surface area (TPSA) is 100 Å². The molecule has 0 aliphatic rings. The molecule has 0 radical (unpaired) electrons. The molecule has 1 amide bonds. The van der Waals surface area contributed by atoms with Crippen molar-refractivity contribution in [2.75, 3.05) is 16.8 Å². The highest BCUT2D eigenvalue weighted by molar-refractivity contribution is 6.05. The van der Waals surface area contributed by atoms with E-state index in [1.54, 1.807) is 0 Å². The summed E-state index contributed by atoms with van der Waals surface area (Å²) >= 11 is 0. The third-order valence-electron chi connectivity index (χ3n) is 4.96. The van der Waals surface area contributed by atoms with E-state index in [1.807, 2.05) is 31.2 Å². The molecule has 0 fully saturated rings. The molecule has 3 rings (SSSR count). The number of carbonyl (C=O) groups excluding carboxylic acids is 1. The molecule has 0 unspecified atom stereocenters. The molecule has 1 aromatic carbocycles. The van der Waals surface area contributed by atoms with Crippen molar-refractivity contribution < 1.29 is 4.79 Å². The van der Waals surface area contributed by atoms with Crippen LogP contribution in [0.15, 0.2) is 46.1 Å². The molecule has 0 aliphatic heterocycles. The Morgan fingerprint density at radius 2 is 1.90 bits per heavy atom. The molecule has 158 valence electrons. The number of pyridine rings is 1. The number of nitrogens with zero attached hydrogens (tertiary/aromatic N) is 3. The quantitative estimate of drug-likeness (QED) is 0.625. The molecule has 2 heterocycles. The maximum atomic E-state index is 12.7. The molecule has 0 saturated carbocycles. The molecule has 8 nitrogen and oxygen atoms in total. The van der Waals surface area contributed by atoms with Gasteiger partial charge in [-0.3, -0.25) is 19.1 Å². The zero-order valence-electron chi connectivity index (χ0n) is 17.7. The minimum Gasteiger partial charge on any atom is -0.369 e. The summed E-state index contributed by atoms with van der Waals surface area (Å²) in [6.07, 6.45) is 2.10. The second-order valence-electron chi connectivity index (χ2n) is 7.39. The van der Waals surface area contributed by atoms with Crippen LogP contribution in [-0.4, -0.2) is 33.0 Å². The predicted octanol–water partition coefficient (Wildman–Crippen LogP) is 2.98. The van der Waals surface area contributed by atoms with Gasteiger partial charge in [0.05, 0.1) is 10.9 Å². The van der Waals surface area contributed by atoms with E-state index in [0.29, 0.717) is 24.7 Å². The van der Waals surface area contributed by atoms with Gasteiger partial charge in [0, 0.05) is 36.7 Å². The smallest absolute Gasteiger partial charge is 0.329 e. The Labute approximate surface area is 174 Å². The highest BCUT2D eigenvalue weighted by Crippen LogP contribution is 2.20. The van der Waals surface area contributed by atoms with E-state index in [2.05, 4.69) is 41.0 Å². The van der Waals surface area contributed by atoms with E-state index < -0.39 is 11.2 Å². The van der Waals surface area contributed by atoms with Crippen LogP contribution in [0.3, 0.4) is 0 Å². The van der Waals surface area contributed by atoms with Gasteiger partial charge in [-0.1, -0.05) is 6.92 Å². The van der Waals surface area contributed by atoms with Crippen molar-refractivity contribution in [3.05, 3.63) is 62.9 Å². The van der Waals surface area contributed by atoms with Gasteiger partial charge in [-0.2, -0.15) is 0 Å². The molecule has 2 aromatic heterocycles. The third-order valence-corrected chi connectivity index (χ3v) is 4.96. The van der Waals surface area contributed by atoms with Crippen LogP contribution in [0, 0.1) is 0 Å². The van der Waals surface area contributed by atoms with E-state index in [0.717, 1.165) is 12.2 Å². The lowest BCUT2D eigenvalue weighted by Crippen LogP contribution is -2.31. The van der Waals surface area contributed by atoms with Gasteiger partial charge in [0.25, 0.3) is 11.5 Å². The third kappa shape index (κ3) is 4.27. The Morgan fingerprint density at radius 3 is 2.50 bits per heavy atom. The van der Waals surface area contributed by atoms with Crippen LogP contribution < -0.4 is 21.5 Å². The van der Waals surface area contributed by atoms with Crippen molar-refractivity contribution in [3.8, 4) is 0 Å². The van der Waals surface area contributed by atoms with E-state index >= 15 is 0 Å². The molecule has 0 spiro atoms. The van der Waals surface area contributed by atoms with E-state index in [-0.39, 0.29) is 22.5 Å². The fourth-order valence-corrected chi connectivity index (χ4v) is 3.51. The summed E-state index contributed by atoms with van der Waals surface area (Å²) < 4.78 is 1.41. The fourth-order valence-electron chi connectivity index (χ4n) is 3.51. The van der Waals surface area contributed by atoms with Crippen LogP contribution >= 0.6 is 0 Å². The number of H-pyrrole nitrogens is 1. The van der Waals surface area contributed by atoms with Gasteiger partial charge in [-0.15, -0.1) is 0 Å². The molecule has 0 saturated heterocycles. The number of hydrogen-bond acceptors (Lipinski definition) is 5. The first kappa shape index (κ1) is 21.3. The normalized spacial score (nSPS) is 11.1. The monoisotopic (exact) mass is 409 g/mol. The summed E-state index contributed by atoms with van der Waals surface area (Å²) in [4.78, 5) is 45.7. The first-order chi connectivity index (χ1) is 14.3. The van der Waals surface area contributed by atoms with E-state index in [4.69, 9.17) is 0 Å². The van der Waals surface area contributed by atoms with Crippen molar-refractivity contribution >= 4 is 28.3 Å². The molecule has 8 heteroatoms. The number of amides is 1. The molecule has 0 aliphatic carbocycles. The number of aromatic amines is 1. The summed E-state index contributed by atoms with van der Waals surface area (Å²) in [5, 5.41) is 3.04. The summed E-state index contributed by atoms with van der Waals surface area (Å²) in [5.74, 6) is -0.374. The number of fused-ring (bicyclic) bond motifs is 1. The second-order valence-corrected chi connectivity index (χ2v) is 7.39. The van der Waals surface area contributed by atoms with Crippen molar-refractivity contribution in [3.63, 3.8) is 0 Å². The number of anilines is 2. The summed E-state index contributed by atoms with van der Waals surface area (Å²) in [7, 11) is 0. The first-order valence-electron chi connectivity index (χ1n) is 10.2. The zero-order chi connectivity index (χ0) is 21.8. The van der Waals surface area contributed by atoms with Gasteiger partial charge in [0.2, 0.25) is 0 Å². The predicted molar refractivity (Wildman–Crippen MR) is 119 cm³/mol. The van der Waals surface area contributed by atoms with Crippen LogP contribution in [0.4, 0.5) is 11.4 Å². The average Bonchev–Trinajstić information content (AvgIpc) is 2.72. The first-order valence-corrected chi connectivity index (χ1v) is 10.2. The molecule has 0 bridgehead atoms. The lowest BCUT2D eigenvalue weighted by Gasteiger charge is -2.27. The van der Waals surface area contributed by atoms with Crippen LogP contribution in [0.5, 0.6) is 0 Å². The Bertz CT molecular complexity index is 1160. The number of benzene rings is 1. The van der Waals surface area contributed by atoms with Gasteiger partial charge >= 0.3 is 5.69 Å². The number of carbonyl (C=O) groups is 1. The minimum absolute atomic E-state index is 0.210. The number of aryl methyl sites for hydroxylation is 1. The Balaban J connectivity index is 1.87. The maximum Gasteiger partial charge on any atom is 0.329 e. The van der Waals surface area contributed by atoms with Crippen molar-refractivity contribution in [1.29, 1.82) is 0 Å². The van der Waals surface area contributed by atoms with E-state index in [1.165, 1.54) is 16.8 Å². The largest absolute Gasteiger partial charge is 0.369 e. The Morgan fingerprint density at radius 1 is 1.20 bits per heavy atom. The number of aromatic nitrogens is 3. The molecule has 3 aromatic rings. The Hall–Kier alpha value is -3.42. The van der Waals surface area contributed by atoms with Crippen LogP contribution in [0.1, 0.15) is 44.5 Å². The lowest BCUT2D eigenvalue weighted by molar-refractivity contribution is 0.102. The van der Waals surface area contributed by atoms with Gasteiger partial charge in [0.1, 0.15) is 5.65 Å². The van der Waals surface area contributed by atoms with Gasteiger partial charge in [-0.25, -0.2) is 9.78 Å². The Kier molecular flexibility index (Phi) is 6.34. The number of hydrogen-bond donors (Lipinski definition) is 2. The SMILES string of the molecule is CCCn1c(=O)[nH]c(=O)c2cc(C(=O)Nc3ccc(N(CC)C(C)C)cc3)cnc21. The zero-order valence-corrected chi connectivity index (χ0v) is 17.7. The lowest BCUT2D eigenvalue weighted by atomic mass is 10.2. The van der Waals surface area contributed by atoms with Crippen molar-refractivity contribution in [2.24, 2.45) is 0 Å². The van der Waals surface area contributed by atoms with E-state index in [9.17, 15) is 14.4 Å². The maximum absolute atomic E-state index is 12.7. The number of nitrogens with one attached hydrogen (secondary N) is 2. The van der Waals surface area contributed by atoms with Gasteiger partial charge in [0.15, 0.2) is 0 Å².